The minimum Gasteiger partial charge on any atom is -0.496 e. The van der Waals surface area contributed by atoms with E-state index in [0.29, 0.717) is 16.4 Å². The number of nitrogens with one attached hydrogen (secondary N) is 2. The van der Waals surface area contributed by atoms with Crippen molar-refractivity contribution in [3.63, 3.8) is 0 Å². The minimum atomic E-state index is -1.10. The molecule has 0 aromatic heterocycles. The number of amides is 2. The zero-order chi connectivity index (χ0) is 19.0. The van der Waals surface area contributed by atoms with Crippen LogP contribution >= 0.6 is 11.6 Å². The van der Waals surface area contributed by atoms with Crippen LogP contribution in [0.3, 0.4) is 0 Å². The highest BCUT2D eigenvalue weighted by Gasteiger charge is 2.12. The predicted molar refractivity (Wildman–Crippen MR) is 100 cm³/mol. The fourth-order valence-corrected chi connectivity index (χ4v) is 2.09. The van der Waals surface area contributed by atoms with E-state index in [1.165, 1.54) is 25.3 Å². The molecule has 0 radical (unpaired) electrons. The number of anilines is 2. The first-order chi connectivity index (χ1) is 11.9. The van der Waals surface area contributed by atoms with E-state index in [-0.39, 0.29) is 11.3 Å². The largest absolute Gasteiger partial charge is 0.496 e. The van der Waals surface area contributed by atoms with Gasteiger partial charge in [-0.2, -0.15) is 0 Å². The van der Waals surface area contributed by atoms with E-state index in [9.17, 15) is 9.59 Å². The SMILES string of the molecule is CC.COc1cc(NC(=O)Nc2ccc(C)c(Cl)c2)ccc1C(=O)O. The molecule has 0 aliphatic rings. The number of carboxylic acids is 1. The van der Waals surface area contributed by atoms with Crippen LogP contribution < -0.4 is 15.4 Å². The molecule has 0 bridgehead atoms. The first kappa shape index (κ1) is 20.3. The van der Waals surface area contributed by atoms with Crippen molar-refractivity contribution in [2.75, 3.05) is 17.7 Å². The monoisotopic (exact) mass is 364 g/mol. The Morgan fingerprint density at radius 3 is 2.12 bits per heavy atom. The number of aryl methyl sites for hydroxylation is 1. The Hall–Kier alpha value is -2.73. The van der Waals surface area contributed by atoms with Crippen LogP contribution in [0.25, 0.3) is 0 Å². The lowest BCUT2D eigenvalue weighted by Crippen LogP contribution is -2.19. The third-order valence-corrected chi connectivity index (χ3v) is 3.53. The van der Waals surface area contributed by atoms with E-state index in [1.807, 2.05) is 20.8 Å². The molecular formula is C18H21ClN2O4. The molecule has 0 aliphatic heterocycles. The fourth-order valence-electron chi connectivity index (χ4n) is 1.91. The molecule has 3 N–H and O–H groups in total. The van der Waals surface area contributed by atoms with Crippen molar-refractivity contribution in [1.29, 1.82) is 0 Å². The van der Waals surface area contributed by atoms with Crippen LogP contribution in [-0.2, 0) is 0 Å². The second-order valence-electron chi connectivity index (χ2n) is 4.76. The number of aromatic carboxylic acids is 1. The maximum atomic E-state index is 12.0. The van der Waals surface area contributed by atoms with Gasteiger partial charge in [0.1, 0.15) is 11.3 Å². The number of carbonyl (C=O) groups excluding carboxylic acids is 1. The van der Waals surface area contributed by atoms with Gasteiger partial charge < -0.3 is 20.5 Å². The van der Waals surface area contributed by atoms with Gasteiger partial charge in [-0.1, -0.05) is 31.5 Å². The van der Waals surface area contributed by atoms with Crippen molar-refractivity contribution in [3.8, 4) is 5.75 Å². The lowest BCUT2D eigenvalue weighted by atomic mass is 10.2. The molecule has 0 heterocycles. The molecule has 2 aromatic rings. The number of carbonyl (C=O) groups is 2. The van der Waals surface area contributed by atoms with Crippen molar-refractivity contribution in [1.82, 2.24) is 0 Å². The summed E-state index contributed by atoms with van der Waals surface area (Å²) in [5.41, 5.74) is 1.88. The summed E-state index contributed by atoms with van der Waals surface area (Å²) in [6, 6.07) is 8.97. The van der Waals surface area contributed by atoms with Gasteiger partial charge in [0.2, 0.25) is 0 Å². The highest BCUT2D eigenvalue weighted by molar-refractivity contribution is 6.31. The van der Waals surface area contributed by atoms with Crippen LogP contribution in [0.4, 0.5) is 16.2 Å². The van der Waals surface area contributed by atoms with Crippen LogP contribution in [-0.4, -0.2) is 24.2 Å². The molecule has 0 aliphatic carbocycles. The molecule has 0 saturated carbocycles. The Morgan fingerprint density at radius 2 is 1.60 bits per heavy atom. The number of ether oxygens (including phenoxy) is 1. The third kappa shape index (κ3) is 5.69. The van der Waals surface area contributed by atoms with Gasteiger partial charge in [0, 0.05) is 22.5 Å². The van der Waals surface area contributed by atoms with E-state index in [1.54, 1.807) is 18.2 Å². The quantitative estimate of drug-likeness (QED) is 0.710. The Balaban J connectivity index is 0.00000151. The summed E-state index contributed by atoms with van der Waals surface area (Å²) >= 11 is 6.00. The summed E-state index contributed by atoms with van der Waals surface area (Å²) in [5.74, 6) is -0.944. The number of benzene rings is 2. The number of methoxy groups -OCH3 is 1. The van der Waals surface area contributed by atoms with Crippen molar-refractivity contribution < 1.29 is 19.4 Å². The number of carboxylic acid groups (broad SMARTS) is 1. The number of halogens is 1. The minimum absolute atomic E-state index is 0.0174. The van der Waals surface area contributed by atoms with Crippen LogP contribution in [0, 0.1) is 6.92 Å². The van der Waals surface area contributed by atoms with E-state index in [2.05, 4.69) is 10.6 Å². The molecule has 0 spiro atoms. The molecule has 7 heteroatoms. The van der Waals surface area contributed by atoms with Gasteiger partial charge in [-0.3, -0.25) is 0 Å². The van der Waals surface area contributed by atoms with E-state index >= 15 is 0 Å². The summed E-state index contributed by atoms with van der Waals surface area (Å²) < 4.78 is 5.01. The molecule has 25 heavy (non-hydrogen) atoms. The topological polar surface area (TPSA) is 87.7 Å². The first-order valence-electron chi connectivity index (χ1n) is 7.66. The van der Waals surface area contributed by atoms with E-state index < -0.39 is 12.0 Å². The van der Waals surface area contributed by atoms with Crippen LogP contribution in [0.5, 0.6) is 5.75 Å². The van der Waals surface area contributed by atoms with Gasteiger partial charge in [0.25, 0.3) is 0 Å². The van der Waals surface area contributed by atoms with Crippen molar-refractivity contribution in [2.45, 2.75) is 20.8 Å². The normalized spacial score (nSPS) is 9.48. The number of hydrogen-bond donors (Lipinski definition) is 3. The van der Waals surface area contributed by atoms with E-state index in [0.717, 1.165) is 5.56 Å². The van der Waals surface area contributed by atoms with Gasteiger partial charge >= 0.3 is 12.0 Å². The lowest BCUT2D eigenvalue weighted by molar-refractivity contribution is 0.0693. The van der Waals surface area contributed by atoms with Gasteiger partial charge in [0.05, 0.1) is 7.11 Å². The Bertz CT molecular complexity index is 763. The average molecular weight is 365 g/mol. The highest BCUT2D eigenvalue weighted by Crippen LogP contribution is 2.24. The molecule has 2 amide bonds. The molecule has 0 unspecified atom stereocenters. The summed E-state index contributed by atoms with van der Waals surface area (Å²) in [4.78, 5) is 23.0. The Labute approximate surface area is 151 Å². The van der Waals surface area contributed by atoms with Crippen molar-refractivity contribution >= 4 is 35.0 Å². The van der Waals surface area contributed by atoms with Gasteiger partial charge in [-0.05, 0) is 36.8 Å². The molecule has 0 saturated heterocycles. The first-order valence-corrected chi connectivity index (χ1v) is 8.04. The third-order valence-electron chi connectivity index (χ3n) is 3.12. The zero-order valence-corrected chi connectivity index (χ0v) is 15.3. The molecule has 6 nitrogen and oxygen atoms in total. The van der Waals surface area contributed by atoms with Crippen LogP contribution in [0.2, 0.25) is 5.02 Å². The van der Waals surface area contributed by atoms with Gasteiger partial charge in [0.15, 0.2) is 0 Å². The second kappa shape index (κ2) is 9.54. The maximum absolute atomic E-state index is 12.0. The second-order valence-corrected chi connectivity index (χ2v) is 5.17. The molecular weight excluding hydrogens is 344 g/mol. The van der Waals surface area contributed by atoms with Gasteiger partial charge in [-0.15, -0.1) is 0 Å². The molecule has 0 atom stereocenters. The summed E-state index contributed by atoms with van der Waals surface area (Å²) in [5, 5.41) is 14.8. The predicted octanol–water partition coefficient (Wildman–Crippen LogP) is 5.03. The fraction of sp³-hybridized carbons (Fsp3) is 0.222. The average Bonchev–Trinajstić information content (AvgIpc) is 2.59. The smallest absolute Gasteiger partial charge is 0.339 e. The standard InChI is InChI=1S/C16H15ClN2O4.C2H6/c1-9-3-4-10(7-13(9)17)18-16(22)19-11-5-6-12(15(20)21)14(8-11)23-2;1-2/h3-8H,1-2H3,(H,20,21)(H2,18,19,22);1-2H3. The number of rotatable bonds is 4. The summed E-state index contributed by atoms with van der Waals surface area (Å²) in [7, 11) is 1.36. The van der Waals surface area contributed by atoms with Crippen LogP contribution in [0.15, 0.2) is 36.4 Å². The molecule has 2 rings (SSSR count). The summed E-state index contributed by atoms with van der Waals surface area (Å²) in [6.07, 6.45) is 0. The maximum Gasteiger partial charge on any atom is 0.339 e. The zero-order valence-electron chi connectivity index (χ0n) is 14.5. The highest BCUT2D eigenvalue weighted by atomic mass is 35.5. The van der Waals surface area contributed by atoms with Gasteiger partial charge in [-0.25, -0.2) is 9.59 Å². The number of hydrogen-bond acceptors (Lipinski definition) is 3. The van der Waals surface area contributed by atoms with Crippen molar-refractivity contribution in [2.24, 2.45) is 0 Å². The molecule has 134 valence electrons. The van der Waals surface area contributed by atoms with Crippen LogP contribution in [0.1, 0.15) is 29.8 Å². The molecule has 2 aromatic carbocycles. The Morgan fingerprint density at radius 1 is 1.04 bits per heavy atom. The Kier molecular flexibility index (Phi) is 7.75. The summed E-state index contributed by atoms with van der Waals surface area (Å²) in [6.45, 7) is 5.86. The van der Waals surface area contributed by atoms with E-state index in [4.69, 9.17) is 21.4 Å². The van der Waals surface area contributed by atoms with Crippen molar-refractivity contribution in [3.05, 3.63) is 52.5 Å². The molecule has 0 fully saturated rings. The number of urea groups is 1. The lowest BCUT2D eigenvalue weighted by Gasteiger charge is -2.11.